The minimum absolute atomic E-state index is 0.296. The molecule has 0 radical (unpaired) electrons. The van der Waals surface area contributed by atoms with Gasteiger partial charge < -0.3 is 15.0 Å². The van der Waals surface area contributed by atoms with Crippen molar-refractivity contribution in [1.29, 1.82) is 0 Å². The van der Waals surface area contributed by atoms with Gasteiger partial charge in [-0.2, -0.15) is 0 Å². The second-order valence-electron chi connectivity index (χ2n) is 5.54. The Morgan fingerprint density at radius 3 is 2.44 bits per heavy atom. The Bertz CT molecular complexity index is 690. The Morgan fingerprint density at radius 1 is 1.08 bits per heavy atom. The number of ether oxygens (including phenoxy) is 1. The SMILES string of the molecule is CN(CCCNC(=O)COC(=O)c1ccc(Cl)cc1)c1ccccc1. The summed E-state index contributed by atoms with van der Waals surface area (Å²) in [5.74, 6) is -0.861. The first-order chi connectivity index (χ1) is 12.1. The van der Waals surface area contributed by atoms with E-state index < -0.39 is 5.97 Å². The molecule has 1 N–H and O–H groups in total. The molecule has 0 aliphatic carbocycles. The maximum Gasteiger partial charge on any atom is 0.338 e. The van der Waals surface area contributed by atoms with Crippen LogP contribution in [0.2, 0.25) is 5.02 Å². The summed E-state index contributed by atoms with van der Waals surface area (Å²) in [6.07, 6.45) is 0.794. The number of nitrogens with zero attached hydrogens (tertiary/aromatic N) is 1. The predicted octanol–water partition coefficient (Wildman–Crippen LogP) is 3.14. The Labute approximate surface area is 152 Å². The van der Waals surface area contributed by atoms with Gasteiger partial charge in [0.25, 0.3) is 5.91 Å². The van der Waals surface area contributed by atoms with Crippen LogP contribution in [0.4, 0.5) is 5.69 Å². The number of hydrogen-bond acceptors (Lipinski definition) is 4. The van der Waals surface area contributed by atoms with Crippen molar-refractivity contribution >= 4 is 29.2 Å². The number of para-hydroxylation sites is 1. The van der Waals surface area contributed by atoms with E-state index >= 15 is 0 Å². The quantitative estimate of drug-likeness (QED) is 0.580. The van der Waals surface area contributed by atoms with Crippen LogP contribution in [-0.4, -0.2) is 38.6 Å². The summed E-state index contributed by atoms with van der Waals surface area (Å²) in [5, 5.41) is 3.28. The first kappa shape index (κ1) is 18.8. The molecule has 0 spiro atoms. The van der Waals surface area contributed by atoms with Crippen molar-refractivity contribution in [3.05, 3.63) is 65.2 Å². The topological polar surface area (TPSA) is 58.6 Å². The number of halogens is 1. The van der Waals surface area contributed by atoms with Gasteiger partial charge in [0.05, 0.1) is 5.56 Å². The molecule has 0 heterocycles. The molecule has 0 unspecified atom stereocenters. The van der Waals surface area contributed by atoms with E-state index in [-0.39, 0.29) is 12.5 Å². The smallest absolute Gasteiger partial charge is 0.338 e. The molecule has 0 saturated carbocycles. The normalized spacial score (nSPS) is 10.2. The van der Waals surface area contributed by atoms with E-state index in [9.17, 15) is 9.59 Å². The van der Waals surface area contributed by atoms with E-state index in [1.54, 1.807) is 24.3 Å². The Kier molecular flexibility index (Phi) is 7.29. The number of carbonyl (C=O) groups is 2. The molecule has 6 heteroatoms. The molecule has 132 valence electrons. The fraction of sp³-hybridized carbons (Fsp3) is 0.263. The second kappa shape index (κ2) is 9.69. The van der Waals surface area contributed by atoms with E-state index in [2.05, 4.69) is 10.2 Å². The number of nitrogens with one attached hydrogen (secondary N) is 1. The lowest BCUT2D eigenvalue weighted by Crippen LogP contribution is -2.31. The van der Waals surface area contributed by atoms with Crippen molar-refractivity contribution in [3.63, 3.8) is 0 Å². The number of rotatable bonds is 8. The van der Waals surface area contributed by atoms with Crippen molar-refractivity contribution in [2.24, 2.45) is 0 Å². The fourth-order valence-electron chi connectivity index (χ4n) is 2.21. The highest BCUT2D eigenvalue weighted by atomic mass is 35.5. The van der Waals surface area contributed by atoms with Crippen LogP contribution in [0.15, 0.2) is 54.6 Å². The summed E-state index contributed by atoms with van der Waals surface area (Å²) < 4.78 is 4.97. The molecule has 5 nitrogen and oxygen atoms in total. The van der Waals surface area contributed by atoms with Gasteiger partial charge in [-0.1, -0.05) is 29.8 Å². The second-order valence-corrected chi connectivity index (χ2v) is 5.98. The summed E-state index contributed by atoms with van der Waals surface area (Å²) in [5.41, 5.74) is 1.49. The zero-order valence-corrected chi connectivity index (χ0v) is 14.8. The number of amides is 1. The van der Waals surface area contributed by atoms with Crippen molar-refractivity contribution in [1.82, 2.24) is 5.32 Å². The highest BCUT2D eigenvalue weighted by molar-refractivity contribution is 6.30. The lowest BCUT2D eigenvalue weighted by atomic mass is 10.2. The number of esters is 1. The van der Waals surface area contributed by atoms with Crippen molar-refractivity contribution in [3.8, 4) is 0 Å². The largest absolute Gasteiger partial charge is 0.452 e. The van der Waals surface area contributed by atoms with Gasteiger partial charge in [-0.05, 0) is 42.8 Å². The van der Waals surface area contributed by atoms with Crippen LogP contribution in [0.5, 0.6) is 0 Å². The van der Waals surface area contributed by atoms with E-state index in [4.69, 9.17) is 16.3 Å². The molecule has 1 amide bonds. The Hall–Kier alpha value is -2.53. The lowest BCUT2D eigenvalue weighted by molar-refractivity contribution is -0.124. The zero-order chi connectivity index (χ0) is 18.1. The van der Waals surface area contributed by atoms with Gasteiger partial charge in [-0.15, -0.1) is 0 Å². The summed E-state index contributed by atoms with van der Waals surface area (Å²) >= 11 is 5.76. The van der Waals surface area contributed by atoms with Crippen molar-refractivity contribution in [2.75, 3.05) is 31.6 Å². The summed E-state index contributed by atoms with van der Waals surface area (Å²) in [6, 6.07) is 16.3. The van der Waals surface area contributed by atoms with E-state index in [0.29, 0.717) is 17.1 Å². The first-order valence-electron chi connectivity index (χ1n) is 8.02. The molecule has 0 fully saturated rings. The van der Waals surface area contributed by atoms with E-state index in [1.165, 1.54) is 0 Å². The van der Waals surface area contributed by atoms with Crippen LogP contribution in [0.3, 0.4) is 0 Å². The number of anilines is 1. The molecule has 0 aliphatic rings. The molecule has 25 heavy (non-hydrogen) atoms. The minimum Gasteiger partial charge on any atom is -0.452 e. The third-order valence-corrected chi connectivity index (χ3v) is 3.86. The van der Waals surface area contributed by atoms with Crippen LogP contribution < -0.4 is 10.2 Å². The van der Waals surface area contributed by atoms with E-state index in [1.807, 2.05) is 37.4 Å². The summed E-state index contributed by atoms with van der Waals surface area (Å²) in [7, 11) is 2.01. The molecule has 2 aromatic carbocycles. The standard InChI is InChI=1S/C19H21ClN2O3/c1-22(17-6-3-2-4-7-17)13-5-12-21-18(23)14-25-19(24)15-8-10-16(20)11-9-15/h2-4,6-11H,5,12-14H2,1H3,(H,21,23). The molecule has 0 aromatic heterocycles. The maximum absolute atomic E-state index is 11.8. The van der Waals surface area contributed by atoms with Gasteiger partial charge in [0.2, 0.25) is 0 Å². The van der Waals surface area contributed by atoms with Crippen LogP contribution >= 0.6 is 11.6 Å². The molecule has 2 rings (SSSR count). The Morgan fingerprint density at radius 2 is 1.76 bits per heavy atom. The van der Waals surface area contributed by atoms with Crippen molar-refractivity contribution < 1.29 is 14.3 Å². The van der Waals surface area contributed by atoms with Gasteiger partial charge in [-0.3, -0.25) is 4.79 Å². The first-order valence-corrected chi connectivity index (χ1v) is 8.39. The minimum atomic E-state index is -0.546. The third kappa shape index (κ3) is 6.47. The zero-order valence-electron chi connectivity index (χ0n) is 14.1. The van der Waals surface area contributed by atoms with Crippen molar-refractivity contribution in [2.45, 2.75) is 6.42 Å². The summed E-state index contributed by atoms with van der Waals surface area (Å²) in [6.45, 7) is 1.04. The highest BCUT2D eigenvalue weighted by Gasteiger charge is 2.09. The van der Waals surface area contributed by atoms with Crippen LogP contribution in [0.25, 0.3) is 0 Å². The Balaban J connectivity index is 1.62. The van der Waals surface area contributed by atoms with Gasteiger partial charge in [-0.25, -0.2) is 4.79 Å². The van der Waals surface area contributed by atoms with E-state index in [0.717, 1.165) is 18.7 Å². The molecule has 0 aliphatic heterocycles. The number of carbonyl (C=O) groups excluding carboxylic acids is 2. The number of hydrogen-bond donors (Lipinski definition) is 1. The number of benzene rings is 2. The highest BCUT2D eigenvalue weighted by Crippen LogP contribution is 2.11. The fourth-order valence-corrected chi connectivity index (χ4v) is 2.33. The molecule has 2 aromatic rings. The van der Waals surface area contributed by atoms with Gasteiger partial charge in [0, 0.05) is 30.8 Å². The van der Waals surface area contributed by atoms with Gasteiger partial charge in [0.1, 0.15) is 0 Å². The lowest BCUT2D eigenvalue weighted by Gasteiger charge is -2.19. The molecular weight excluding hydrogens is 340 g/mol. The molecule has 0 saturated heterocycles. The van der Waals surface area contributed by atoms with Crippen LogP contribution in [0, 0.1) is 0 Å². The molecular formula is C19H21ClN2O3. The monoisotopic (exact) mass is 360 g/mol. The molecule has 0 atom stereocenters. The van der Waals surface area contributed by atoms with Gasteiger partial charge in [0.15, 0.2) is 6.61 Å². The molecule has 0 bridgehead atoms. The predicted molar refractivity (Wildman–Crippen MR) is 99.1 cm³/mol. The third-order valence-electron chi connectivity index (χ3n) is 3.60. The van der Waals surface area contributed by atoms with Crippen LogP contribution in [-0.2, 0) is 9.53 Å². The van der Waals surface area contributed by atoms with Gasteiger partial charge >= 0.3 is 5.97 Å². The average molecular weight is 361 g/mol. The maximum atomic E-state index is 11.8. The average Bonchev–Trinajstić information content (AvgIpc) is 2.64. The summed E-state index contributed by atoms with van der Waals surface area (Å²) in [4.78, 5) is 25.6. The van der Waals surface area contributed by atoms with Crippen LogP contribution in [0.1, 0.15) is 16.8 Å².